The Balaban J connectivity index is 2.94. The predicted octanol–water partition coefficient (Wildman–Crippen LogP) is 0.281. The lowest BCUT2D eigenvalue weighted by molar-refractivity contribution is 0.391. The molecule has 0 atom stereocenters. The zero-order valence-corrected chi connectivity index (χ0v) is 14.0. The van der Waals surface area contributed by atoms with Gasteiger partial charge in [-0.2, -0.15) is 0 Å². The minimum absolute atomic E-state index is 0.0931. The second-order valence-corrected chi connectivity index (χ2v) is 8.73. The summed E-state index contributed by atoms with van der Waals surface area (Å²) in [5.41, 5.74) is 5.44. The highest BCUT2D eigenvalue weighted by Gasteiger charge is 2.24. The van der Waals surface area contributed by atoms with Crippen LogP contribution in [0.5, 0.6) is 0 Å². The lowest BCUT2D eigenvalue weighted by atomic mass is 9.95. The number of nitrogens with one attached hydrogen (secondary N) is 1. The Morgan fingerprint density at radius 2 is 1.76 bits per heavy atom. The second-order valence-electron chi connectivity index (χ2n) is 5.00. The molecule has 0 aromatic carbocycles. The third-order valence-electron chi connectivity index (χ3n) is 3.42. The molecule has 1 heterocycles. The van der Waals surface area contributed by atoms with Gasteiger partial charge < -0.3 is 5.73 Å². The fraction of sp³-hybridized carbons (Fsp3) is 0.583. The summed E-state index contributed by atoms with van der Waals surface area (Å²) in [6.07, 6.45) is 3.30. The third kappa shape index (κ3) is 4.73. The van der Waals surface area contributed by atoms with Crippen molar-refractivity contribution in [1.29, 1.82) is 0 Å². The maximum absolute atomic E-state index is 12.1. The van der Waals surface area contributed by atoms with E-state index in [9.17, 15) is 16.8 Å². The largest absolute Gasteiger partial charge is 0.324 e. The summed E-state index contributed by atoms with van der Waals surface area (Å²) in [5.74, 6) is 0. The predicted molar refractivity (Wildman–Crippen MR) is 80.0 cm³/mol. The van der Waals surface area contributed by atoms with Crippen LogP contribution in [-0.2, 0) is 19.9 Å². The van der Waals surface area contributed by atoms with Gasteiger partial charge in [-0.25, -0.2) is 26.5 Å². The Labute approximate surface area is 125 Å². The van der Waals surface area contributed by atoms with Crippen molar-refractivity contribution in [1.82, 2.24) is 9.71 Å². The van der Waals surface area contributed by atoms with Crippen LogP contribution < -0.4 is 10.5 Å². The zero-order chi connectivity index (χ0) is 16.3. The molecule has 120 valence electrons. The van der Waals surface area contributed by atoms with Crippen molar-refractivity contribution in [3.05, 3.63) is 18.3 Å². The number of rotatable bonds is 7. The molecular weight excluding hydrogens is 314 g/mol. The van der Waals surface area contributed by atoms with Crippen LogP contribution in [0.2, 0.25) is 0 Å². The zero-order valence-electron chi connectivity index (χ0n) is 12.3. The Kier molecular flexibility index (Phi) is 5.48. The molecule has 0 bridgehead atoms. The molecule has 1 aromatic rings. The van der Waals surface area contributed by atoms with Crippen LogP contribution >= 0.6 is 0 Å². The normalized spacial score (nSPS) is 13.3. The molecule has 0 aliphatic heterocycles. The van der Waals surface area contributed by atoms with Crippen molar-refractivity contribution in [2.75, 3.05) is 12.8 Å². The molecule has 0 fully saturated rings. The van der Waals surface area contributed by atoms with Crippen molar-refractivity contribution in [3.8, 4) is 0 Å². The molecule has 0 radical (unpaired) electrons. The number of sulfone groups is 1. The van der Waals surface area contributed by atoms with E-state index < -0.39 is 25.4 Å². The molecule has 9 heteroatoms. The van der Waals surface area contributed by atoms with Crippen molar-refractivity contribution < 1.29 is 16.8 Å². The standard InChI is InChI=1S/C12H21N3O4S2/c1-4-12(13,5-2)9-15-21(18,19)10-6-7-11(14-8-10)20(3,16)17/h6-8,15H,4-5,9,13H2,1-3H3. The van der Waals surface area contributed by atoms with Gasteiger partial charge in [-0.15, -0.1) is 0 Å². The number of pyridine rings is 1. The fourth-order valence-electron chi connectivity index (χ4n) is 1.57. The number of sulfonamides is 1. The summed E-state index contributed by atoms with van der Waals surface area (Å²) in [7, 11) is -7.22. The molecule has 1 rings (SSSR count). The highest BCUT2D eigenvalue weighted by Crippen LogP contribution is 2.14. The van der Waals surface area contributed by atoms with Crippen molar-refractivity contribution in [2.45, 2.75) is 42.1 Å². The molecule has 3 N–H and O–H groups in total. The first kappa shape index (κ1) is 18.0. The van der Waals surface area contributed by atoms with E-state index in [1.54, 1.807) is 0 Å². The van der Waals surface area contributed by atoms with Crippen LogP contribution in [-0.4, -0.2) is 40.2 Å². The van der Waals surface area contributed by atoms with Gasteiger partial charge in [-0.3, -0.25) is 0 Å². The Bertz CT molecular complexity index is 678. The first-order valence-corrected chi connectivity index (χ1v) is 9.86. The first-order chi connectivity index (χ1) is 9.54. The lowest BCUT2D eigenvalue weighted by Crippen LogP contribution is -2.49. The molecule has 0 saturated carbocycles. The molecule has 0 amide bonds. The van der Waals surface area contributed by atoms with Crippen LogP contribution in [0, 0.1) is 0 Å². The smallest absolute Gasteiger partial charge is 0.242 e. The van der Waals surface area contributed by atoms with Gasteiger partial charge >= 0.3 is 0 Å². The minimum atomic E-state index is -3.76. The maximum atomic E-state index is 12.1. The van der Waals surface area contributed by atoms with E-state index in [2.05, 4.69) is 9.71 Å². The van der Waals surface area contributed by atoms with Gasteiger partial charge in [0.15, 0.2) is 14.9 Å². The number of hydrogen-bond acceptors (Lipinski definition) is 6. The van der Waals surface area contributed by atoms with Crippen molar-refractivity contribution in [3.63, 3.8) is 0 Å². The topological polar surface area (TPSA) is 119 Å². The Morgan fingerprint density at radius 3 is 2.14 bits per heavy atom. The van der Waals surface area contributed by atoms with Gasteiger partial charge in [-0.05, 0) is 25.0 Å². The summed E-state index contributed by atoms with van der Waals surface area (Å²) < 4.78 is 49.2. The highest BCUT2D eigenvalue weighted by molar-refractivity contribution is 7.90. The Morgan fingerprint density at radius 1 is 1.19 bits per heavy atom. The van der Waals surface area contributed by atoms with Crippen molar-refractivity contribution in [2.24, 2.45) is 5.73 Å². The second kappa shape index (κ2) is 6.39. The molecule has 0 aliphatic carbocycles. The van der Waals surface area contributed by atoms with Gasteiger partial charge in [0.05, 0.1) is 0 Å². The average Bonchev–Trinajstić information content (AvgIpc) is 2.44. The van der Waals surface area contributed by atoms with E-state index in [-0.39, 0.29) is 16.5 Å². The van der Waals surface area contributed by atoms with E-state index in [0.717, 1.165) is 12.5 Å². The SMILES string of the molecule is CCC(N)(CC)CNS(=O)(=O)c1ccc(S(C)(=O)=O)nc1. The number of hydrogen-bond donors (Lipinski definition) is 2. The quantitative estimate of drug-likeness (QED) is 0.738. The van der Waals surface area contributed by atoms with Gasteiger partial charge in [0.2, 0.25) is 10.0 Å². The summed E-state index contributed by atoms with van der Waals surface area (Å²) >= 11 is 0. The summed E-state index contributed by atoms with van der Waals surface area (Å²) in [5, 5.41) is -0.170. The van der Waals surface area contributed by atoms with E-state index in [1.165, 1.54) is 12.1 Å². The number of aromatic nitrogens is 1. The van der Waals surface area contributed by atoms with Gasteiger partial charge in [0.25, 0.3) is 0 Å². The summed E-state index contributed by atoms with van der Waals surface area (Å²) in [4.78, 5) is 3.57. The summed E-state index contributed by atoms with van der Waals surface area (Å²) in [6, 6.07) is 2.38. The van der Waals surface area contributed by atoms with Crippen LogP contribution in [0.15, 0.2) is 28.3 Å². The fourth-order valence-corrected chi connectivity index (χ4v) is 3.21. The van der Waals surface area contributed by atoms with Crippen molar-refractivity contribution >= 4 is 19.9 Å². The van der Waals surface area contributed by atoms with Gasteiger partial charge in [0.1, 0.15) is 4.90 Å². The van der Waals surface area contributed by atoms with Gasteiger partial charge in [0, 0.05) is 24.5 Å². The molecule has 7 nitrogen and oxygen atoms in total. The van der Waals surface area contributed by atoms with E-state index in [4.69, 9.17) is 5.73 Å². The van der Waals surface area contributed by atoms with Crippen LogP contribution in [0.4, 0.5) is 0 Å². The van der Waals surface area contributed by atoms with Gasteiger partial charge in [-0.1, -0.05) is 13.8 Å². The Hall–Kier alpha value is -1.03. The molecule has 0 saturated heterocycles. The minimum Gasteiger partial charge on any atom is -0.324 e. The highest BCUT2D eigenvalue weighted by atomic mass is 32.2. The number of nitrogens with zero attached hydrogens (tertiary/aromatic N) is 1. The van der Waals surface area contributed by atoms with Crippen LogP contribution in [0.1, 0.15) is 26.7 Å². The molecule has 0 aliphatic rings. The van der Waals surface area contributed by atoms with E-state index in [1.807, 2.05) is 13.8 Å². The average molecular weight is 335 g/mol. The molecule has 21 heavy (non-hydrogen) atoms. The molecule has 0 unspecified atom stereocenters. The monoisotopic (exact) mass is 335 g/mol. The molecular formula is C12H21N3O4S2. The first-order valence-electron chi connectivity index (χ1n) is 6.49. The third-order valence-corrected chi connectivity index (χ3v) is 5.81. The van der Waals surface area contributed by atoms with Crippen LogP contribution in [0.25, 0.3) is 0 Å². The van der Waals surface area contributed by atoms with E-state index in [0.29, 0.717) is 12.8 Å². The summed E-state index contributed by atoms with van der Waals surface area (Å²) in [6.45, 7) is 3.89. The van der Waals surface area contributed by atoms with E-state index >= 15 is 0 Å². The number of nitrogens with two attached hydrogens (primary N) is 1. The lowest BCUT2D eigenvalue weighted by Gasteiger charge is -2.26. The molecule has 0 spiro atoms. The molecule has 1 aromatic heterocycles. The maximum Gasteiger partial charge on any atom is 0.242 e. The van der Waals surface area contributed by atoms with Crippen LogP contribution in [0.3, 0.4) is 0 Å².